The van der Waals surface area contributed by atoms with E-state index in [1.807, 2.05) is 6.92 Å². The fraction of sp³-hybridized carbons (Fsp3) is 0.458. The first kappa shape index (κ1) is 23.9. The van der Waals surface area contributed by atoms with E-state index in [9.17, 15) is 13.2 Å². The van der Waals surface area contributed by atoms with Gasteiger partial charge in [0.2, 0.25) is 10.0 Å². The molecule has 8 heteroatoms. The molecule has 1 aliphatic rings. The summed E-state index contributed by atoms with van der Waals surface area (Å²) in [6.45, 7) is 6.33. The third-order valence-electron chi connectivity index (χ3n) is 5.99. The molecule has 1 atom stereocenters. The maximum atomic E-state index is 12.3. The molecule has 1 N–H and O–H groups in total. The van der Waals surface area contributed by atoms with Gasteiger partial charge in [-0.1, -0.05) is 19.1 Å². The molecule has 0 spiro atoms. The monoisotopic (exact) mass is 459 g/mol. The fourth-order valence-electron chi connectivity index (χ4n) is 3.70. The average molecular weight is 460 g/mol. The normalized spacial score (nSPS) is 15.8. The second-order valence-corrected chi connectivity index (χ2v) is 10.6. The Hall–Kier alpha value is -2.74. The number of carbonyl (C=O) groups is 1. The van der Waals surface area contributed by atoms with Gasteiger partial charge in [0.05, 0.1) is 18.0 Å². The van der Waals surface area contributed by atoms with Gasteiger partial charge in [-0.3, -0.25) is 9.10 Å². The maximum absolute atomic E-state index is 12.3. The van der Waals surface area contributed by atoms with Crippen LogP contribution in [0.2, 0.25) is 0 Å². The SMILES string of the molecule is CC1CCN(c2ccc([C@H](C)NC(=O)COc3ccc(N(C)S(C)(=O)=O)cc3)cc2)CC1. The molecule has 3 rings (SSSR count). The molecular formula is C24H33N3O4S. The largest absolute Gasteiger partial charge is 0.484 e. The number of amides is 1. The summed E-state index contributed by atoms with van der Waals surface area (Å²) in [7, 11) is -1.83. The Morgan fingerprint density at radius 1 is 1.12 bits per heavy atom. The molecule has 2 aromatic rings. The molecule has 1 aliphatic heterocycles. The van der Waals surface area contributed by atoms with Gasteiger partial charge in [-0.05, 0) is 67.6 Å². The molecule has 0 aliphatic carbocycles. The number of nitrogens with one attached hydrogen (secondary N) is 1. The standard InChI is InChI=1S/C24H33N3O4S/c1-18-13-15-27(16-14-18)22-7-5-20(6-8-22)19(2)25-24(28)17-31-23-11-9-21(10-12-23)26(3)32(4,29)30/h5-12,18-19H,13-17H2,1-4H3,(H,25,28)/t19-/m0/s1. The van der Waals surface area contributed by atoms with Crippen molar-refractivity contribution in [2.45, 2.75) is 32.7 Å². The molecule has 0 aromatic heterocycles. The number of ether oxygens (including phenoxy) is 1. The lowest BCUT2D eigenvalue weighted by Gasteiger charge is -2.32. The summed E-state index contributed by atoms with van der Waals surface area (Å²) in [6.07, 6.45) is 3.60. The second kappa shape index (κ2) is 10.3. The molecule has 2 aromatic carbocycles. The second-order valence-electron chi connectivity index (χ2n) is 8.56. The number of nitrogens with zero attached hydrogens (tertiary/aromatic N) is 2. The van der Waals surface area contributed by atoms with E-state index in [-0.39, 0.29) is 18.6 Å². The third kappa shape index (κ3) is 6.38. The van der Waals surface area contributed by atoms with Crippen molar-refractivity contribution >= 4 is 27.3 Å². The summed E-state index contributed by atoms with van der Waals surface area (Å²) in [6, 6.07) is 14.8. The number of hydrogen-bond acceptors (Lipinski definition) is 5. The van der Waals surface area contributed by atoms with Gasteiger partial charge in [0.1, 0.15) is 5.75 Å². The van der Waals surface area contributed by atoms with Crippen LogP contribution in [-0.4, -0.2) is 47.3 Å². The van der Waals surface area contributed by atoms with Gasteiger partial charge in [0.15, 0.2) is 6.61 Å². The van der Waals surface area contributed by atoms with Crippen LogP contribution in [0.1, 0.15) is 38.3 Å². The minimum atomic E-state index is -3.32. The van der Waals surface area contributed by atoms with Crippen LogP contribution >= 0.6 is 0 Å². The Balaban J connectivity index is 1.48. The van der Waals surface area contributed by atoms with Gasteiger partial charge >= 0.3 is 0 Å². The molecule has 1 amide bonds. The number of sulfonamides is 1. The van der Waals surface area contributed by atoms with Gasteiger partial charge in [-0.25, -0.2) is 8.42 Å². The summed E-state index contributed by atoms with van der Waals surface area (Å²) in [5.41, 5.74) is 2.80. The van der Waals surface area contributed by atoms with Crippen molar-refractivity contribution in [3.05, 3.63) is 54.1 Å². The topological polar surface area (TPSA) is 79.0 Å². The maximum Gasteiger partial charge on any atom is 0.258 e. The summed E-state index contributed by atoms with van der Waals surface area (Å²) >= 11 is 0. The van der Waals surface area contributed by atoms with Gasteiger partial charge in [-0.15, -0.1) is 0 Å². The summed E-state index contributed by atoms with van der Waals surface area (Å²) in [5, 5.41) is 2.96. The van der Waals surface area contributed by atoms with E-state index in [0.717, 1.165) is 30.8 Å². The predicted octanol–water partition coefficient (Wildman–Crippen LogP) is 3.57. The van der Waals surface area contributed by atoms with Crippen molar-refractivity contribution in [1.29, 1.82) is 0 Å². The van der Waals surface area contributed by atoms with E-state index in [1.54, 1.807) is 24.3 Å². The summed E-state index contributed by atoms with van der Waals surface area (Å²) in [4.78, 5) is 14.7. The Kier molecular flexibility index (Phi) is 7.66. The number of benzene rings is 2. The number of piperidine rings is 1. The number of anilines is 2. The van der Waals surface area contributed by atoms with Crippen molar-refractivity contribution in [2.24, 2.45) is 5.92 Å². The van der Waals surface area contributed by atoms with Gasteiger partial charge in [0, 0.05) is 25.8 Å². The Morgan fingerprint density at radius 3 is 2.28 bits per heavy atom. The first-order chi connectivity index (χ1) is 15.1. The zero-order valence-electron chi connectivity index (χ0n) is 19.2. The zero-order valence-corrected chi connectivity index (χ0v) is 20.1. The van der Waals surface area contributed by atoms with Crippen LogP contribution in [0.15, 0.2) is 48.5 Å². The molecule has 1 heterocycles. The minimum Gasteiger partial charge on any atom is -0.484 e. The highest BCUT2D eigenvalue weighted by molar-refractivity contribution is 7.92. The van der Waals surface area contributed by atoms with E-state index < -0.39 is 10.0 Å². The molecule has 0 radical (unpaired) electrons. The first-order valence-electron chi connectivity index (χ1n) is 10.9. The third-order valence-corrected chi connectivity index (χ3v) is 7.19. The van der Waals surface area contributed by atoms with E-state index >= 15 is 0 Å². The lowest BCUT2D eigenvalue weighted by Crippen LogP contribution is -2.33. The molecule has 0 bridgehead atoms. The molecule has 32 heavy (non-hydrogen) atoms. The Morgan fingerprint density at radius 2 is 1.72 bits per heavy atom. The van der Waals surface area contributed by atoms with Crippen molar-refractivity contribution in [2.75, 3.05) is 42.2 Å². The van der Waals surface area contributed by atoms with Crippen molar-refractivity contribution in [3.63, 3.8) is 0 Å². The molecule has 1 fully saturated rings. The number of carbonyl (C=O) groups excluding carboxylic acids is 1. The molecule has 0 unspecified atom stereocenters. The van der Waals surface area contributed by atoms with Crippen LogP contribution < -0.4 is 19.3 Å². The highest BCUT2D eigenvalue weighted by Gasteiger charge is 2.17. The number of rotatable bonds is 8. The zero-order chi connectivity index (χ0) is 23.3. The van der Waals surface area contributed by atoms with E-state index in [4.69, 9.17) is 4.74 Å². The van der Waals surface area contributed by atoms with E-state index in [2.05, 4.69) is 41.4 Å². The van der Waals surface area contributed by atoms with Gasteiger partial charge < -0.3 is 15.0 Å². The fourth-order valence-corrected chi connectivity index (χ4v) is 4.20. The van der Waals surface area contributed by atoms with E-state index in [1.165, 1.54) is 29.9 Å². The van der Waals surface area contributed by atoms with Crippen LogP contribution in [0.25, 0.3) is 0 Å². The smallest absolute Gasteiger partial charge is 0.258 e. The Bertz CT molecular complexity index is 999. The van der Waals surface area contributed by atoms with Gasteiger partial charge in [0.25, 0.3) is 5.91 Å². The minimum absolute atomic E-state index is 0.115. The van der Waals surface area contributed by atoms with Crippen molar-refractivity contribution in [1.82, 2.24) is 5.32 Å². The van der Waals surface area contributed by atoms with Crippen LogP contribution in [0.3, 0.4) is 0 Å². The van der Waals surface area contributed by atoms with Crippen LogP contribution in [0, 0.1) is 5.92 Å². The van der Waals surface area contributed by atoms with Gasteiger partial charge in [-0.2, -0.15) is 0 Å². The summed E-state index contributed by atoms with van der Waals surface area (Å²) in [5.74, 6) is 1.08. The molecule has 174 valence electrons. The Labute approximate surface area is 191 Å². The predicted molar refractivity (Wildman–Crippen MR) is 129 cm³/mol. The number of hydrogen-bond donors (Lipinski definition) is 1. The van der Waals surface area contributed by atoms with Crippen molar-refractivity contribution in [3.8, 4) is 5.75 Å². The molecule has 1 saturated heterocycles. The molecule has 7 nitrogen and oxygen atoms in total. The van der Waals surface area contributed by atoms with Crippen LogP contribution in [0.4, 0.5) is 11.4 Å². The highest BCUT2D eigenvalue weighted by Crippen LogP contribution is 2.25. The molecule has 0 saturated carbocycles. The van der Waals surface area contributed by atoms with Crippen molar-refractivity contribution < 1.29 is 17.9 Å². The highest BCUT2D eigenvalue weighted by atomic mass is 32.2. The first-order valence-corrected chi connectivity index (χ1v) is 12.8. The lowest BCUT2D eigenvalue weighted by molar-refractivity contribution is -0.123. The van der Waals surface area contributed by atoms with Crippen LogP contribution in [-0.2, 0) is 14.8 Å². The summed E-state index contributed by atoms with van der Waals surface area (Å²) < 4.78 is 29.9. The molecular weight excluding hydrogens is 426 g/mol. The van der Waals surface area contributed by atoms with E-state index in [0.29, 0.717) is 11.4 Å². The van der Waals surface area contributed by atoms with Crippen LogP contribution in [0.5, 0.6) is 5.75 Å². The quantitative estimate of drug-likeness (QED) is 0.653. The lowest BCUT2D eigenvalue weighted by atomic mass is 9.98. The average Bonchev–Trinajstić information content (AvgIpc) is 2.77.